The fraction of sp³-hybridized carbons (Fsp3) is 0.560. The summed E-state index contributed by atoms with van der Waals surface area (Å²) >= 11 is 12.2. The van der Waals surface area contributed by atoms with Gasteiger partial charge in [-0.25, -0.2) is 0 Å². The molecule has 212 valence electrons. The number of hydrogen-bond acceptors (Lipinski definition) is 6. The number of aromatic nitrogens is 3. The number of aliphatic carboxylic acids is 1. The van der Waals surface area contributed by atoms with Gasteiger partial charge in [0.1, 0.15) is 0 Å². The van der Waals surface area contributed by atoms with E-state index in [4.69, 9.17) is 27.9 Å². The molecule has 2 aromatic heterocycles. The van der Waals surface area contributed by atoms with E-state index in [0.29, 0.717) is 19.4 Å². The van der Waals surface area contributed by atoms with Crippen LogP contribution in [0.25, 0.3) is 0 Å². The molecule has 0 aromatic carbocycles. The monoisotopic (exact) mass is 590 g/mol. The van der Waals surface area contributed by atoms with Crippen molar-refractivity contribution in [2.75, 3.05) is 19.7 Å². The lowest BCUT2D eigenvalue weighted by Crippen LogP contribution is -2.41. The average molecular weight is 591 g/mol. The Morgan fingerprint density at radius 3 is 2.41 bits per heavy atom. The predicted octanol–water partition coefficient (Wildman–Crippen LogP) is 5.17. The molecule has 39 heavy (non-hydrogen) atoms. The van der Waals surface area contributed by atoms with Crippen molar-refractivity contribution in [1.29, 1.82) is 0 Å². The van der Waals surface area contributed by atoms with E-state index in [-0.39, 0.29) is 47.3 Å². The van der Waals surface area contributed by atoms with E-state index in [9.17, 15) is 32.7 Å². The zero-order chi connectivity index (χ0) is 28.5. The molecule has 1 aliphatic carbocycles. The van der Waals surface area contributed by atoms with Crippen LogP contribution in [0.2, 0.25) is 10.0 Å². The number of amides is 1. The first-order valence-electron chi connectivity index (χ1n) is 12.5. The molecule has 2 aliphatic rings. The molecule has 4 atom stereocenters. The van der Waals surface area contributed by atoms with Crippen LogP contribution in [0, 0.1) is 11.8 Å². The second kappa shape index (κ2) is 11.8. The van der Waals surface area contributed by atoms with E-state index in [2.05, 4.69) is 10.1 Å². The van der Waals surface area contributed by atoms with E-state index < -0.39 is 59.7 Å². The number of hydrogen-bond donors (Lipinski definition) is 1. The van der Waals surface area contributed by atoms with Crippen molar-refractivity contribution in [3.63, 3.8) is 0 Å². The summed E-state index contributed by atoms with van der Waals surface area (Å²) in [5, 5.41) is 13.2. The molecule has 2 aromatic rings. The molecule has 1 aliphatic heterocycles. The maximum atomic E-state index is 14.4. The number of alkyl halides is 3. The first kappa shape index (κ1) is 29.3. The molecule has 9 nitrogen and oxygen atoms in total. The minimum Gasteiger partial charge on any atom is -0.481 e. The molecule has 1 saturated heterocycles. The molecule has 0 spiro atoms. The van der Waals surface area contributed by atoms with Gasteiger partial charge in [-0.15, -0.1) is 0 Å². The highest BCUT2D eigenvalue weighted by Crippen LogP contribution is 2.41. The van der Waals surface area contributed by atoms with E-state index in [1.165, 1.54) is 12.4 Å². The molecule has 0 bridgehead atoms. The van der Waals surface area contributed by atoms with Crippen molar-refractivity contribution >= 4 is 40.9 Å². The van der Waals surface area contributed by atoms with E-state index in [1.54, 1.807) is 6.92 Å². The van der Waals surface area contributed by atoms with Crippen LogP contribution >= 0.6 is 23.2 Å². The SMILES string of the molecule is C[C@@H]1C[C@@H](n2ncc(C(=O)N(CC(=O)c3c(Cl)cncc3Cl)C[C@H]3CCCO3)c2C(F)(F)F)CC[C@@H]1C(=O)O. The summed E-state index contributed by atoms with van der Waals surface area (Å²) in [5.74, 6) is -3.73. The normalized spacial score (nSPS) is 23.5. The van der Waals surface area contributed by atoms with Crippen molar-refractivity contribution < 1.29 is 37.4 Å². The number of pyridine rings is 1. The summed E-state index contributed by atoms with van der Waals surface area (Å²) < 4.78 is 49.6. The van der Waals surface area contributed by atoms with Gasteiger partial charge in [0.05, 0.1) is 52.0 Å². The topological polar surface area (TPSA) is 115 Å². The summed E-state index contributed by atoms with van der Waals surface area (Å²) in [6.45, 7) is 1.41. The lowest BCUT2D eigenvalue weighted by molar-refractivity contribution is -0.149. The van der Waals surface area contributed by atoms with E-state index >= 15 is 0 Å². The van der Waals surface area contributed by atoms with Gasteiger partial charge >= 0.3 is 12.1 Å². The van der Waals surface area contributed by atoms with Gasteiger partial charge in [-0.05, 0) is 38.0 Å². The standard InChI is InChI=1S/C25H27Cl2F3N4O5/c1-13-7-14(4-5-16(13)24(37)38)34-22(25(28,29)30)17(8-32-34)23(36)33(11-15-3-2-6-39-15)12-20(35)21-18(26)9-31-10-19(21)27/h8-10,13-16H,2-7,11-12H2,1H3,(H,37,38)/t13-,14+,15-,16+/m1/s1. The van der Waals surface area contributed by atoms with Crippen LogP contribution in [0.15, 0.2) is 18.6 Å². The maximum Gasteiger partial charge on any atom is 0.433 e. The van der Waals surface area contributed by atoms with E-state index in [1.807, 2.05) is 0 Å². The number of ether oxygens (including phenoxy) is 1. The Bertz CT molecular complexity index is 1230. The molecule has 1 N–H and O–H groups in total. The fourth-order valence-electron chi connectivity index (χ4n) is 5.39. The summed E-state index contributed by atoms with van der Waals surface area (Å²) in [4.78, 5) is 43.1. The molecule has 1 amide bonds. The molecule has 4 rings (SSSR count). The quantitative estimate of drug-likeness (QED) is 0.422. The Morgan fingerprint density at radius 2 is 1.85 bits per heavy atom. The molecular formula is C25H27Cl2F3N4O5. The first-order chi connectivity index (χ1) is 18.4. The summed E-state index contributed by atoms with van der Waals surface area (Å²) in [7, 11) is 0. The highest BCUT2D eigenvalue weighted by atomic mass is 35.5. The van der Waals surface area contributed by atoms with Crippen LogP contribution in [-0.2, 0) is 15.7 Å². The number of ketones is 1. The maximum absolute atomic E-state index is 14.4. The van der Waals surface area contributed by atoms with E-state index in [0.717, 1.165) is 15.8 Å². The number of carboxylic acids is 1. The van der Waals surface area contributed by atoms with Crippen LogP contribution in [-0.4, -0.2) is 68.2 Å². The lowest BCUT2D eigenvalue weighted by Gasteiger charge is -2.33. The highest BCUT2D eigenvalue weighted by molar-refractivity contribution is 6.39. The van der Waals surface area contributed by atoms with Gasteiger partial charge in [-0.1, -0.05) is 30.1 Å². The van der Waals surface area contributed by atoms with Crippen LogP contribution in [0.1, 0.15) is 71.5 Å². The van der Waals surface area contributed by atoms with Crippen molar-refractivity contribution in [2.24, 2.45) is 11.8 Å². The number of Topliss-reactive ketones (excluding diaryl/α,β-unsaturated/α-hetero) is 1. The molecule has 1 saturated carbocycles. The third kappa shape index (κ3) is 6.38. The average Bonchev–Trinajstić information content (AvgIpc) is 3.53. The first-order valence-corrected chi connectivity index (χ1v) is 13.2. The molecule has 2 fully saturated rings. The minimum atomic E-state index is -4.94. The number of halogens is 5. The highest BCUT2D eigenvalue weighted by Gasteiger charge is 2.44. The Hall–Kier alpha value is -2.70. The zero-order valence-electron chi connectivity index (χ0n) is 21.0. The van der Waals surface area contributed by atoms with Crippen LogP contribution in [0.3, 0.4) is 0 Å². The number of rotatable bonds is 8. The van der Waals surface area contributed by atoms with Gasteiger partial charge in [-0.2, -0.15) is 18.3 Å². The van der Waals surface area contributed by atoms with Gasteiger partial charge in [0.25, 0.3) is 5.91 Å². The van der Waals surface area contributed by atoms with Crippen LogP contribution in [0.4, 0.5) is 13.2 Å². The van der Waals surface area contributed by atoms with Gasteiger partial charge in [0.15, 0.2) is 11.5 Å². The van der Waals surface area contributed by atoms with Crippen molar-refractivity contribution in [1.82, 2.24) is 19.7 Å². The van der Waals surface area contributed by atoms with Gasteiger partial charge in [0.2, 0.25) is 0 Å². The number of carbonyl (C=O) groups excluding carboxylic acids is 2. The number of carbonyl (C=O) groups is 3. The Morgan fingerprint density at radius 1 is 1.15 bits per heavy atom. The third-order valence-electron chi connectivity index (χ3n) is 7.30. The van der Waals surface area contributed by atoms with Gasteiger partial charge in [0, 0.05) is 25.5 Å². The second-order valence-corrected chi connectivity index (χ2v) is 10.8. The largest absolute Gasteiger partial charge is 0.481 e. The third-order valence-corrected chi connectivity index (χ3v) is 7.87. The second-order valence-electron chi connectivity index (χ2n) is 9.96. The fourth-order valence-corrected chi connectivity index (χ4v) is 5.96. The van der Waals surface area contributed by atoms with Crippen LogP contribution < -0.4 is 0 Å². The summed E-state index contributed by atoms with van der Waals surface area (Å²) in [5.41, 5.74) is -2.02. The van der Waals surface area contributed by atoms with Crippen molar-refractivity contribution in [3.05, 3.63) is 45.5 Å². The lowest BCUT2D eigenvalue weighted by atomic mass is 9.78. The predicted molar refractivity (Wildman–Crippen MR) is 134 cm³/mol. The van der Waals surface area contributed by atoms with Crippen molar-refractivity contribution in [3.8, 4) is 0 Å². The molecule has 0 unspecified atom stereocenters. The molecule has 0 radical (unpaired) electrons. The Kier molecular flexibility index (Phi) is 8.87. The van der Waals surface area contributed by atoms with Crippen molar-refractivity contribution in [2.45, 2.75) is 57.3 Å². The Balaban J connectivity index is 1.67. The molecule has 3 heterocycles. The minimum absolute atomic E-state index is 0.0492. The van der Waals surface area contributed by atoms with Gasteiger partial charge < -0.3 is 14.7 Å². The number of nitrogens with zero attached hydrogens (tertiary/aromatic N) is 4. The zero-order valence-corrected chi connectivity index (χ0v) is 22.5. The number of carboxylic acid groups (broad SMARTS) is 1. The smallest absolute Gasteiger partial charge is 0.433 e. The summed E-state index contributed by atoms with van der Waals surface area (Å²) in [6.07, 6.45) is -0.322. The Labute approximate surface area is 232 Å². The molecule has 14 heteroatoms. The molecular weight excluding hydrogens is 564 g/mol. The van der Waals surface area contributed by atoms with Crippen LogP contribution in [0.5, 0.6) is 0 Å². The summed E-state index contributed by atoms with van der Waals surface area (Å²) in [6, 6.07) is -0.739. The van der Waals surface area contributed by atoms with Gasteiger partial charge in [-0.3, -0.25) is 24.0 Å².